The summed E-state index contributed by atoms with van der Waals surface area (Å²) in [7, 11) is 0. The molecular weight excluding hydrogens is 180 g/mol. The molecule has 0 radical (unpaired) electrons. The summed E-state index contributed by atoms with van der Waals surface area (Å²) in [4.78, 5) is 11.0. The van der Waals surface area contributed by atoms with Crippen molar-refractivity contribution in [1.82, 2.24) is 10.2 Å². The van der Waals surface area contributed by atoms with Crippen molar-refractivity contribution in [2.75, 3.05) is 6.61 Å². The number of rotatable bonds is 3. The van der Waals surface area contributed by atoms with Crippen LogP contribution in [0.4, 0.5) is 0 Å². The molecule has 1 N–H and O–H groups in total. The standard InChI is InChI=1S/C10H14N2O2/c1-7(13)10-6-8(11-12-10)5-9-3-2-4-14-9/h6,9H,2-5H2,1H3,(H,11,12). The minimum atomic E-state index is -0.000148. The predicted octanol–water partition coefficient (Wildman–Crippen LogP) is 1.33. The Morgan fingerprint density at radius 1 is 1.79 bits per heavy atom. The van der Waals surface area contributed by atoms with Gasteiger partial charge in [0.05, 0.1) is 6.10 Å². The van der Waals surface area contributed by atoms with Crippen molar-refractivity contribution in [3.63, 3.8) is 0 Å². The van der Waals surface area contributed by atoms with Gasteiger partial charge in [-0.05, 0) is 18.9 Å². The van der Waals surface area contributed by atoms with Crippen molar-refractivity contribution >= 4 is 5.78 Å². The summed E-state index contributed by atoms with van der Waals surface area (Å²) in [5, 5.41) is 6.79. The molecule has 4 nitrogen and oxygen atoms in total. The predicted molar refractivity (Wildman–Crippen MR) is 51.3 cm³/mol. The van der Waals surface area contributed by atoms with Gasteiger partial charge in [-0.3, -0.25) is 9.89 Å². The average molecular weight is 194 g/mol. The number of carbonyl (C=O) groups excluding carboxylic acids is 1. The van der Waals surface area contributed by atoms with Crippen molar-refractivity contribution in [2.24, 2.45) is 0 Å². The van der Waals surface area contributed by atoms with Crippen molar-refractivity contribution < 1.29 is 9.53 Å². The van der Waals surface area contributed by atoms with Crippen LogP contribution in [0.1, 0.15) is 35.9 Å². The summed E-state index contributed by atoms with van der Waals surface area (Å²) in [6, 6.07) is 1.81. The second-order valence-electron chi connectivity index (χ2n) is 3.67. The van der Waals surface area contributed by atoms with E-state index >= 15 is 0 Å². The molecule has 1 unspecified atom stereocenters. The number of nitrogens with one attached hydrogen (secondary N) is 1. The summed E-state index contributed by atoms with van der Waals surface area (Å²) < 4.78 is 5.49. The van der Waals surface area contributed by atoms with Gasteiger partial charge >= 0.3 is 0 Å². The quantitative estimate of drug-likeness (QED) is 0.738. The molecule has 2 rings (SSSR count). The zero-order valence-electron chi connectivity index (χ0n) is 8.25. The van der Waals surface area contributed by atoms with Gasteiger partial charge in [-0.25, -0.2) is 0 Å². The van der Waals surface area contributed by atoms with Crippen LogP contribution in [0.3, 0.4) is 0 Å². The number of hydrogen-bond acceptors (Lipinski definition) is 3. The molecule has 2 heterocycles. The van der Waals surface area contributed by atoms with Crippen LogP contribution >= 0.6 is 0 Å². The molecular formula is C10H14N2O2. The van der Waals surface area contributed by atoms with Gasteiger partial charge in [0.2, 0.25) is 0 Å². The Morgan fingerprint density at radius 2 is 2.64 bits per heavy atom. The number of carbonyl (C=O) groups is 1. The zero-order valence-corrected chi connectivity index (χ0v) is 8.25. The van der Waals surface area contributed by atoms with E-state index in [1.165, 1.54) is 6.92 Å². The van der Waals surface area contributed by atoms with E-state index in [1.807, 2.05) is 6.07 Å². The first-order valence-corrected chi connectivity index (χ1v) is 4.92. The molecule has 0 saturated carbocycles. The van der Waals surface area contributed by atoms with Crippen LogP contribution < -0.4 is 0 Å². The molecule has 0 amide bonds. The Bertz CT molecular complexity index is 327. The molecule has 0 bridgehead atoms. The van der Waals surface area contributed by atoms with E-state index in [2.05, 4.69) is 10.2 Å². The highest BCUT2D eigenvalue weighted by atomic mass is 16.5. The second kappa shape index (κ2) is 3.92. The van der Waals surface area contributed by atoms with Gasteiger partial charge in [0.1, 0.15) is 5.69 Å². The fraction of sp³-hybridized carbons (Fsp3) is 0.600. The third kappa shape index (κ3) is 2.01. The summed E-state index contributed by atoms with van der Waals surface area (Å²) in [6.07, 6.45) is 3.38. The van der Waals surface area contributed by atoms with E-state index < -0.39 is 0 Å². The summed E-state index contributed by atoms with van der Waals surface area (Å²) in [5.41, 5.74) is 1.50. The molecule has 0 aromatic carbocycles. The molecule has 76 valence electrons. The molecule has 1 atom stereocenters. The van der Waals surface area contributed by atoms with Gasteiger partial charge < -0.3 is 4.74 Å². The first-order chi connectivity index (χ1) is 6.75. The van der Waals surface area contributed by atoms with Crippen LogP contribution in [0.2, 0.25) is 0 Å². The van der Waals surface area contributed by atoms with E-state index in [0.29, 0.717) is 11.8 Å². The highest BCUT2D eigenvalue weighted by Gasteiger charge is 2.17. The molecule has 1 saturated heterocycles. The average Bonchev–Trinajstić information content (AvgIpc) is 2.75. The first kappa shape index (κ1) is 9.40. The van der Waals surface area contributed by atoms with Crippen molar-refractivity contribution in [3.8, 4) is 0 Å². The van der Waals surface area contributed by atoms with Crippen LogP contribution in [-0.4, -0.2) is 28.7 Å². The number of ketones is 1. The maximum atomic E-state index is 11.0. The lowest BCUT2D eigenvalue weighted by molar-refractivity contribution is 0.101. The minimum absolute atomic E-state index is 0.000148. The number of H-pyrrole nitrogens is 1. The lowest BCUT2D eigenvalue weighted by atomic mass is 10.1. The summed E-state index contributed by atoms with van der Waals surface area (Å²) >= 11 is 0. The van der Waals surface area contributed by atoms with Crippen molar-refractivity contribution in [3.05, 3.63) is 17.5 Å². The van der Waals surface area contributed by atoms with Crippen LogP contribution in [-0.2, 0) is 11.2 Å². The lowest BCUT2D eigenvalue weighted by Crippen LogP contribution is -2.08. The number of nitrogens with zero attached hydrogens (tertiary/aromatic N) is 1. The normalized spacial score (nSPS) is 21.4. The van der Waals surface area contributed by atoms with E-state index in [9.17, 15) is 4.79 Å². The third-order valence-corrected chi connectivity index (χ3v) is 2.46. The molecule has 1 aromatic rings. The molecule has 14 heavy (non-hydrogen) atoms. The number of aromatic amines is 1. The third-order valence-electron chi connectivity index (χ3n) is 2.46. The fourth-order valence-corrected chi connectivity index (χ4v) is 1.70. The maximum absolute atomic E-state index is 11.0. The van der Waals surface area contributed by atoms with E-state index in [4.69, 9.17) is 4.74 Å². The Labute approximate surface area is 82.7 Å². The Hall–Kier alpha value is -1.16. The van der Waals surface area contributed by atoms with E-state index in [0.717, 1.165) is 31.6 Å². The Morgan fingerprint density at radius 3 is 3.21 bits per heavy atom. The molecule has 1 aliphatic rings. The smallest absolute Gasteiger partial charge is 0.179 e. The molecule has 4 heteroatoms. The van der Waals surface area contributed by atoms with Crippen molar-refractivity contribution in [1.29, 1.82) is 0 Å². The van der Waals surface area contributed by atoms with Crippen LogP contribution in [0.25, 0.3) is 0 Å². The van der Waals surface area contributed by atoms with Gasteiger partial charge in [0.15, 0.2) is 5.78 Å². The van der Waals surface area contributed by atoms with Crippen LogP contribution in [0.5, 0.6) is 0 Å². The SMILES string of the molecule is CC(=O)c1cc(CC2CCCO2)[nH]n1. The highest BCUT2D eigenvalue weighted by molar-refractivity contribution is 5.92. The van der Waals surface area contributed by atoms with E-state index in [1.54, 1.807) is 0 Å². The topological polar surface area (TPSA) is 55.0 Å². The van der Waals surface area contributed by atoms with E-state index in [-0.39, 0.29) is 5.78 Å². The summed E-state index contributed by atoms with van der Waals surface area (Å²) in [6.45, 7) is 2.38. The van der Waals surface area contributed by atoms with Crippen LogP contribution in [0.15, 0.2) is 6.07 Å². The highest BCUT2D eigenvalue weighted by Crippen LogP contribution is 2.16. The largest absolute Gasteiger partial charge is 0.378 e. The number of Topliss-reactive ketones (excluding diaryl/α,β-unsaturated/α-hetero) is 1. The van der Waals surface area contributed by atoms with Crippen molar-refractivity contribution in [2.45, 2.75) is 32.3 Å². The maximum Gasteiger partial charge on any atom is 0.179 e. The fourth-order valence-electron chi connectivity index (χ4n) is 1.70. The monoisotopic (exact) mass is 194 g/mol. The lowest BCUT2D eigenvalue weighted by Gasteiger charge is -2.05. The Balaban J connectivity index is 1.98. The van der Waals surface area contributed by atoms with Gasteiger partial charge in [-0.2, -0.15) is 5.10 Å². The number of hydrogen-bond donors (Lipinski definition) is 1. The Kier molecular flexibility index (Phi) is 2.63. The summed E-state index contributed by atoms with van der Waals surface area (Å²) in [5.74, 6) is -0.000148. The van der Waals surface area contributed by atoms with Crippen LogP contribution in [0, 0.1) is 0 Å². The molecule has 0 spiro atoms. The molecule has 1 fully saturated rings. The zero-order chi connectivity index (χ0) is 9.97. The number of aromatic nitrogens is 2. The van der Waals surface area contributed by atoms with Gasteiger partial charge in [-0.15, -0.1) is 0 Å². The first-order valence-electron chi connectivity index (χ1n) is 4.92. The van der Waals surface area contributed by atoms with Gasteiger partial charge in [-0.1, -0.05) is 0 Å². The van der Waals surface area contributed by atoms with Gasteiger partial charge in [0.25, 0.3) is 0 Å². The molecule has 0 aliphatic carbocycles. The minimum Gasteiger partial charge on any atom is -0.378 e. The molecule has 1 aromatic heterocycles. The van der Waals surface area contributed by atoms with Gasteiger partial charge in [0, 0.05) is 25.6 Å². The second-order valence-corrected chi connectivity index (χ2v) is 3.67. The molecule has 1 aliphatic heterocycles. The number of ether oxygens (including phenoxy) is 1.